The normalized spacial score (nSPS) is 13.0. The highest BCUT2D eigenvalue weighted by Gasteiger charge is 2.19. The van der Waals surface area contributed by atoms with Crippen LogP contribution in [0.3, 0.4) is 0 Å². The van der Waals surface area contributed by atoms with Crippen LogP contribution in [0.5, 0.6) is 0 Å². The second kappa shape index (κ2) is 70.0. The zero-order valence-electron chi connectivity index (χ0n) is 54.2. The van der Waals surface area contributed by atoms with E-state index in [0.29, 0.717) is 12.8 Å². The van der Waals surface area contributed by atoms with Crippen LogP contribution >= 0.6 is 0 Å². The molecular weight excluding hydrogens is 1020 g/mol. The number of carbonyl (C=O) groups is 3. The van der Waals surface area contributed by atoms with Crippen molar-refractivity contribution in [2.24, 2.45) is 0 Å². The van der Waals surface area contributed by atoms with Crippen molar-refractivity contribution in [2.75, 3.05) is 13.2 Å². The van der Waals surface area contributed by atoms with Gasteiger partial charge >= 0.3 is 17.9 Å². The van der Waals surface area contributed by atoms with Gasteiger partial charge < -0.3 is 14.2 Å². The SMILES string of the molecule is CC/C=C\C/C=C\C/C=C\C/C=C\C/C=C\CCCCCC(=O)OC(COC(=O)CCCCCCC/C=C\C/C=C\CCC)COC(=O)CCCCCCCCCCCCCCCCCCCCCC/C=C\C/C=C\C/C=C\C/C=C\CC. The van der Waals surface area contributed by atoms with Crippen LogP contribution in [0.15, 0.2) is 134 Å². The van der Waals surface area contributed by atoms with Gasteiger partial charge in [0.1, 0.15) is 13.2 Å². The molecule has 0 radical (unpaired) electrons. The highest BCUT2D eigenvalue weighted by Crippen LogP contribution is 2.17. The number of unbranched alkanes of at least 4 members (excludes halogenated alkanes) is 29. The van der Waals surface area contributed by atoms with Crippen molar-refractivity contribution in [1.82, 2.24) is 0 Å². The zero-order chi connectivity index (χ0) is 59.9. The van der Waals surface area contributed by atoms with Crippen LogP contribution in [0.2, 0.25) is 0 Å². The molecule has 0 spiro atoms. The van der Waals surface area contributed by atoms with E-state index in [1.165, 1.54) is 122 Å². The first-order valence-electron chi connectivity index (χ1n) is 34.7. The lowest BCUT2D eigenvalue weighted by atomic mass is 10.0. The van der Waals surface area contributed by atoms with Gasteiger partial charge in [-0.05, 0) is 128 Å². The Labute approximate surface area is 513 Å². The Morgan fingerprint density at radius 2 is 0.470 bits per heavy atom. The van der Waals surface area contributed by atoms with E-state index in [4.69, 9.17) is 14.2 Å². The van der Waals surface area contributed by atoms with E-state index < -0.39 is 6.10 Å². The summed E-state index contributed by atoms with van der Waals surface area (Å²) in [5.41, 5.74) is 0. The molecule has 6 heteroatoms. The molecule has 0 rings (SSSR count). The van der Waals surface area contributed by atoms with Crippen molar-refractivity contribution in [3.8, 4) is 0 Å². The molecule has 6 nitrogen and oxygen atoms in total. The van der Waals surface area contributed by atoms with Gasteiger partial charge in [-0.2, -0.15) is 0 Å². The molecule has 0 aliphatic rings. The van der Waals surface area contributed by atoms with E-state index in [2.05, 4.69) is 154 Å². The number of hydrogen-bond acceptors (Lipinski definition) is 6. The lowest BCUT2D eigenvalue weighted by molar-refractivity contribution is -0.167. The van der Waals surface area contributed by atoms with Crippen LogP contribution in [0.25, 0.3) is 0 Å². The van der Waals surface area contributed by atoms with Gasteiger partial charge in [0.2, 0.25) is 0 Å². The molecular formula is C77H128O6. The summed E-state index contributed by atoms with van der Waals surface area (Å²) in [6.45, 7) is 6.33. The van der Waals surface area contributed by atoms with Gasteiger partial charge in [0.25, 0.3) is 0 Å². The second-order valence-electron chi connectivity index (χ2n) is 22.7. The predicted molar refractivity (Wildman–Crippen MR) is 362 cm³/mol. The molecule has 0 aliphatic carbocycles. The number of esters is 3. The van der Waals surface area contributed by atoms with Gasteiger partial charge in [0, 0.05) is 19.3 Å². The van der Waals surface area contributed by atoms with E-state index in [0.717, 1.165) is 154 Å². The molecule has 472 valence electrons. The van der Waals surface area contributed by atoms with Crippen molar-refractivity contribution in [2.45, 2.75) is 322 Å². The van der Waals surface area contributed by atoms with Crippen molar-refractivity contribution in [3.63, 3.8) is 0 Å². The Morgan fingerprint density at radius 1 is 0.253 bits per heavy atom. The lowest BCUT2D eigenvalue weighted by Crippen LogP contribution is -2.30. The molecule has 0 heterocycles. The van der Waals surface area contributed by atoms with Crippen LogP contribution in [0, 0.1) is 0 Å². The predicted octanol–water partition coefficient (Wildman–Crippen LogP) is 24.1. The number of carbonyl (C=O) groups excluding carboxylic acids is 3. The summed E-state index contributed by atoms with van der Waals surface area (Å²) in [6.07, 6.45) is 99.2. The molecule has 0 aromatic carbocycles. The average molecular weight is 1150 g/mol. The maximum absolute atomic E-state index is 12.9. The molecule has 0 N–H and O–H groups in total. The van der Waals surface area contributed by atoms with Gasteiger partial charge in [-0.3, -0.25) is 14.4 Å². The Kier molecular flexibility index (Phi) is 66.3. The summed E-state index contributed by atoms with van der Waals surface area (Å²) in [5, 5.41) is 0. The molecule has 0 aromatic rings. The maximum atomic E-state index is 12.9. The quantitative estimate of drug-likeness (QED) is 0.0261. The molecule has 0 aromatic heterocycles. The summed E-state index contributed by atoms with van der Waals surface area (Å²) < 4.78 is 16.9. The van der Waals surface area contributed by atoms with Crippen molar-refractivity contribution in [1.29, 1.82) is 0 Å². The fourth-order valence-corrected chi connectivity index (χ4v) is 9.50. The third kappa shape index (κ3) is 68.2. The topological polar surface area (TPSA) is 78.9 Å². The molecule has 0 bridgehead atoms. The minimum Gasteiger partial charge on any atom is -0.462 e. The van der Waals surface area contributed by atoms with E-state index in [1.807, 2.05) is 0 Å². The maximum Gasteiger partial charge on any atom is 0.306 e. The third-order valence-corrected chi connectivity index (χ3v) is 14.6. The van der Waals surface area contributed by atoms with Crippen LogP contribution in [0.1, 0.15) is 316 Å². The summed E-state index contributed by atoms with van der Waals surface area (Å²) >= 11 is 0. The van der Waals surface area contributed by atoms with Crippen molar-refractivity contribution < 1.29 is 28.6 Å². The molecule has 1 atom stereocenters. The van der Waals surface area contributed by atoms with Crippen molar-refractivity contribution in [3.05, 3.63) is 134 Å². The molecule has 0 fully saturated rings. The highest BCUT2D eigenvalue weighted by molar-refractivity contribution is 5.71. The van der Waals surface area contributed by atoms with Gasteiger partial charge in [-0.1, -0.05) is 302 Å². The summed E-state index contributed by atoms with van der Waals surface area (Å²) in [7, 11) is 0. The zero-order valence-corrected chi connectivity index (χ0v) is 54.2. The largest absolute Gasteiger partial charge is 0.462 e. The highest BCUT2D eigenvalue weighted by atomic mass is 16.6. The van der Waals surface area contributed by atoms with E-state index >= 15 is 0 Å². The van der Waals surface area contributed by atoms with Gasteiger partial charge in [-0.25, -0.2) is 0 Å². The Balaban J connectivity index is 4.23. The molecule has 0 saturated carbocycles. The molecule has 0 amide bonds. The first-order chi connectivity index (χ1) is 41.0. The summed E-state index contributed by atoms with van der Waals surface area (Å²) in [6, 6.07) is 0. The third-order valence-electron chi connectivity index (χ3n) is 14.6. The van der Waals surface area contributed by atoms with E-state index in [1.54, 1.807) is 0 Å². The monoisotopic (exact) mass is 1150 g/mol. The van der Waals surface area contributed by atoms with Crippen LogP contribution in [-0.4, -0.2) is 37.2 Å². The molecule has 1 unspecified atom stereocenters. The Morgan fingerprint density at radius 3 is 0.747 bits per heavy atom. The van der Waals surface area contributed by atoms with Crippen LogP contribution in [-0.2, 0) is 28.6 Å². The minimum atomic E-state index is -0.805. The average Bonchev–Trinajstić information content (AvgIpc) is 3.49. The number of ether oxygens (including phenoxy) is 3. The molecule has 0 saturated heterocycles. The summed E-state index contributed by atoms with van der Waals surface area (Å²) in [4.78, 5) is 38.4. The smallest absolute Gasteiger partial charge is 0.306 e. The standard InChI is InChI=1S/C77H128O6/c1-4-7-10-13-16-19-22-25-27-29-31-32-33-34-35-36-37-38-39-40-41-42-43-44-46-47-49-52-55-58-61-64-67-70-76(79)82-73-74(72-81-75(78)69-66-63-60-57-54-51-24-21-18-15-12-9-6-3)83-77(80)71-68-65-62-59-56-53-50-48-45-30-28-26-23-20-17-14-11-8-5-2/h7-8,10-12,15-17,19-21,24-28,31-32,45,48,53,56,74H,4-6,9,13-14,18,22-23,29-30,33-44,46-47,49-52,54-55,57-73H2,1-3H3/b10-7-,11-8-,15-12-,19-16-,20-17-,24-21-,27-25-,28-26-,32-31-,48-45-,56-53-. The van der Waals surface area contributed by atoms with Crippen LogP contribution < -0.4 is 0 Å². The Hall–Kier alpha value is -4.45. The first kappa shape index (κ1) is 78.5. The fourth-order valence-electron chi connectivity index (χ4n) is 9.50. The van der Waals surface area contributed by atoms with Gasteiger partial charge in [0.15, 0.2) is 6.10 Å². The second-order valence-corrected chi connectivity index (χ2v) is 22.7. The molecule has 83 heavy (non-hydrogen) atoms. The molecule has 0 aliphatic heterocycles. The van der Waals surface area contributed by atoms with E-state index in [9.17, 15) is 14.4 Å². The fraction of sp³-hybridized carbons (Fsp3) is 0.675. The Bertz CT molecular complexity index is 1750. The summed E-state index contributed by atoms with van der Waals surface area (Å²) in [5.74, 6) is -0.936. The van der Waals surface area contributed by atoms with Crippen molar-refractivity contribution >= 4 is 17.9 Å². The number of hydrogen-bond donors (Lipinski definition) is 0. The lowest BCUT2D eigenvalue weighted by Gasteiger charge is -2.18. The first-order valence-corrected chi connectivity index (χ1v) is 34.7. The van der Waals surface area contributed by atoms with E-state index in [-0.39, 0.29) is 37.5 Å². The number of rotatable bonds is 62. The minimum absolute atomic E-state index is 0.0965. The van der Waals surface area contributed by atoms with Gasteiger partial charge in [0.05, 0.1) is 0 Å². The van der Waals surface area contributed by atoms with Crippen LogP contribution in [0.4, 0.5) is 0 Å². The van der Waals surface area contributed by atoms with Gasteiger partial charge in [-0.15, -0.1) is 0 Å². The number of allylic oxidation sites excluding steroid dienone is 22.